The van der Waals surface area contributed by atoms with Gasteiger partial charge in [0.15, 0.2) is 0 Å². The van der Waals surface area contributed by atoms with Gasteiger partial charge in [-0.1, -0.05) is 29.8 Å². The fourth-order valence-electron chi connectivity index (χ4n) is 1.70. The maximum Gasteiger partial charge on any atom is 0.425 e. The highest BCUT2D eigenvalue weighted by atomic mass is 35.5. The van der Waals surface area contributed by atoms with E-state index in [9.17, 15) is 18.3 Å². The van der Waals surface area contributed by atoms with Crippen LogP contribution in [0.4, 0.5) is 13.2 Å². The van der Waals surface area contributed by atoms with Gasteiger partial charge in [-0.2, -0.15) is 24.5 Å². The zero-order valence-electron chi connectivity index (χ0n) is 8.91. The molecule has 96 valence electrons. The Morgan fingerprint density at radius 3 is 2.28 bits per heavy atom. The van der Waals surface area contributed by atoms with Gasteiger partial charge in [-0.3, -0.25) is 0 Å². The average molecular weight is 293 g/mol. The summed E-state index contributed by atoms with van der Waals surface area (Å²) in [4.78, 5) is 0. The molecule has 0 amide bonds. The summed E-state index contributed by atoms with van der Waals surface area (Å²) in [7, 11) is 0. The summed E-state index contributed by atoms with van der Waals surface area (Å²) in [5.41, 5.74) is -3.67. The molecule has 2 aromatic rings. The van der Waals surface area contributed by atoms with E-state index >= 15 is 0 Å². The minimum atomic E-state index is -4.85. The number of thiophene rings is 1. The van der Waals surface area contributed by atoms with Gasteiger partial charge in [0.05, 0.1) is 0 Å². The summed E-state index contributed by atoms with van der Waals surface area (Å²) in [5, 5.41) is 12.8. The third-order valence-electron chi connectivity index (χ3n) is 2.61. The molecule has 0 saturated heterocycles. The fourth-order valence-corrected chi connectivity index (χ4v) is 2.67. The number of alkyl halides is 3. The zero-order valence-corrected chi connectivity index (χ0v) is 10.5. The largest absolute Gasteiger partial charge is 0.425 e. The second kappa shape index (κ2) is 4.57. The highest BCUT2D eigenvalue weighted by Gasteiger charge is 2.57. The van der Waals surface area contributed by atoms with E-state index in [1.54, 1.807) is 0 Å². The third-order valence-corrected chi connectivity index (χ3v) is 3.63. The van der Waals surface area contributed by atoms with E-state index in [2.05, 4.69) is 0 Å². The van der Waals surface area contributed by atoms with E-state index in [0.717, 1.165) is 11.3 Å². The summed E-state index contributed by atoms with van der Waals surface area (Å²) >= 11 is 6.86. The predicted octanol–water partition coefficient (Wildman–Crippen LogP) is 4.20. The highest BCUT2D eigenvalue weighted by molar-refractivity contribution is 7.08. The van der Waals surface area contributed by atoms with Crippen molar-refractivity contribution in [2.45, 2.75) is 11.8 Å². The van der Waals surface area contributed by atoms with Crippen molar-refractivity contribution in [1.82, 2.24) is 0 Å². The molecule has 0 fully saturated rings. The Balaban J connectivity index is 2.69. The average Bonchev–Trinajstić information content (AvgIpc) is 2.80. The number of hydrogen-bond donors (Lipinski definition) is 1. The lowest BCUT2D eigenvalue weighted by Crippen LogP contribution is -2.43. The Bertz CT molecular complexity index is 539. The van der Waals surface area contributed by atoms with Crippen LogP contribution in [0.3, 0.4) is 0 Å². The maximum absolute atomic E-state index is 13.2. The van der Waals surface area contributed by atoms with Crippen molar-refractivity contribution in [3.8, 4) is 0 Å². The zero-order chi connectivity index (χ0) is 13.4. The molecule has 0 aliphatic heterocycles. The second-order valence-corrected chi connectivity index (χ2v) is 4.89. The smallest absolute Gasteiger partial charge is 0.372 e. The molecule has 0 bridgehead atoms. The Labute approximate surface area is 110 Å². The molecule has 0 aliphatic rings. The van der Waals surface area contributed by atoms with Crippen LogP contribution in [0.5, 0.6) is 0 Å². The molecule has 1 nitrogen and oxygen atoms in total. The molecule has 0 saturated carbocycles. The minimum absolute atomic E-state index is 0.122. The molecule has 1 aromatic carbocycles. The van der Waals surface area contributed by atoms with Crippen molar-refractivity contribution in [2.75, 3.05) is 0 Å². The van der Waals surface area contributed by atoms with Gasteiger partial charge in [0.25, 0.3) is 0 Å². The van der Waals surface area contributed by atoms with Crippen LogP contribution < -0.4 is 0 Å². The van der Waals surface area contributed by atoms with Gasteiger partial charge in [0.2, 0.25) is 5.60 Å². The Morgan fingerprint density at radius 1 is 1.11 bits per heavy atom. The predicted molar refractivity (Wildman–Crippen MR) is 64.8 cm³/mol. The second-order valence-electron chi connectivity index (χ2n) is 3.70. The molecule has 0 aliphatic carbocycles. The summed E-state index contributed by atoms with van der Waals surface area (Å²) in [6.07, 6.45) is -4.85. The molecule has 0 spiro atoms. The molecule has 1 atom stereocenters. The van der Waals surface area contributed by atoms with E-state index in [1.807, 2.05) is 0 Å². The van der Waals surface area contributed by atoms with E-state index in [1.165, 1.54) is 41.1 Å². The molecule has 1 aromatic heterocycles. The van der Waals surface area contributed by atoms with Crippen LogP contribution in [-0.4, -0.2) is 11.3 Å². The van der Waals surface area contributed by atoms with E-state index in [-0.39, 0.29) is 16.1 Å². The molecule has 18 heavy (non-hydrogen) atoms. The van der Waals surface area contributed by atoms with Gasteiger partial charge in [-0.15, -0.1) is 0 Å². The molecule has 6 heteroatoms. The molecular formula is C12H8ClF3OS. The van der Waals surface area contributed by atoms with Crippen LogP contribution >= 0.6 is 22.9 Å². The summed E-state index contributed by atoms with van der Waals surface area (Å²) in [6.45, 7) is 0. The fraction of sp³-hybridized carbons (Fsp3) is 0.167. The van der Waals surface area contributed by atoms with Gasteiger partial charge in [0.1, 0.15) is 0 Å². The minimum Gasteiger partial charge on any atom is -0.372 e. The molecule has 2 rings (SSSR count). The van der Waals surface area contributed by atoms with Gasteiger partial charge < -0.3 is 5.11 Å². The van der Waals surface area contributed by atoms with Gasteiger partial charge >= 0.3 is 6.18 Å². The number of halogens is 4. The monoisotopic (exact) mass is 292 g/mol. The van der Waals surface area contributed by atoms with Gasteiger partial charge in [-0.25, -0.2) is 0 Å². The first-order chi connectivity index (χ1) is 8.37. The number of rotatable bonds is 2. The lowest BCUT2D eigenvalue weighted by atomic mass is 9.87. The van der Waals surface area contributed by atoms with Crippen LogP contribution in [0.1, 0.15) is 11.1 Å². The standard InChI is InChI=1S/C12H8ClF3OS/c13-10-4-2-1-3-9(10)11(17,12(14,15)16)8-5-6-18-7-8/h1-7,17H. The quantitative estimate of drug-likeness (QED) is 0.879. The topological polar surface area (TPSA) is 20.2 Å². The van der Waals surface area contributed by atoms with Crippen LogP contribution in [0.25, 0.3) is 0 Å². The lowest BCUT2D eigenvalue weighted by molar-refractivity contribution is -0.248. The van der Waals surface area contributed by atoms with E-state index < -0.39 is 11.8 Å². The van der Waals surface area contributed by atoms with Crippen molar-refractivity contribution in [2.24, 2.45) is 0 Å². The van der Waals surface area contributed by atoms with Crippen molar-refractivity contribution >= 4 is 22.9 Å². The Morgan fingerprint density at radius 2 is 1.78 bits per heavy atom. The molecular weight excluding hydrogens is 285 g/mol. The van der Waals surface area contributed by atoms with Gasteiger partial charge in [0, 0.05) is 16.1 Å². The van der Waals surface area contributed by atoms with Crippen molar-refractivity contribution in [1.29, 1.82) is 0 Å². The van der Waals surface area contributed by atoms with Crippen LogP contribution in [0.2, 0.25) is 5.02 Å². The van der Waals surface area contributed by atoms with Crippen molar-refractivity contribution < 1.29 is 18.3 Å². The van der Waals surface area contributed by atoms with E-state index in [0.29, 0.717) is 0 Å². The Kier molecular flexibility index (Phi) is 3.40. The summed E-state index contributed by atoms with van der Waals surface area (Å²) < 4.78 is 39.7. The first-order valence-corrected chi connectivity index (χ1v) is 6.26. The molecule has 1 unspecified atom stereocenters. The van der Waals surface area contributed by atoms with Crippen LogP contribution in [0, 0.1) is 0 Å². The number of benzene rings is 1. The highest BCUT2D eigenvalue weighted by Crippen LogP contribution is 2.46. The first-order valence-electron chi connectivity index (χ1n) is 4.94. The molecule has 1 heterocycles. The van der Waals surface area contributed by atoms with Crippen molar-refractivity contribution in [3.63, 3.8) is 0 Å². The Hall–Kier alpha value is -1.04. The van der Waals surface area contributed by atoms with E-state index in [4.69, 9.17) is 11.6 Å². The summed E-state index contributed by atoms with van der Waals surface area (Å²) in [5.74, 6) is 0. The van der Waals surface area contributed by atoms with Crippen LogP contribution in [-0.2, 0) is 5.60 Å². The molecule has 1 N–H and O–H groups in total. The first kappa shape index (κ1) is 13.4. The third kappa shape index (κ3) is 2.02. The van der Waals surface area contributed by atoms with Gasteiger partial charge in [-0.05, 0) is 22.9 Å². The SMILES string of the molecule is OC(c1ccsc1)(c1ccccc1Cl)C(F)(F)F. The number of aliphatic hydroxyl groups is 1. The van der Waals surface area contributed by atoms with Crippen molar-refractivity contribution in [3.05, 3.63) is 57.2 Å². The molecule has 0 radical (unpaired) electrons. The summed E-state index contributed by atoms with van der Waals surface area (Å²) in [6, 6.07) is 6.65. The normalized spacial score (nSPS) is 15.4. The number of hydrogen-bond acceptors (Lipinski definition) is 2. The van der Waals surface area contributed by atoms with Crippen LogP contribution in [0.15, 0.2) is 41.1 Å². The maximum atomic E-state index is 13.2. The lowest BCUT2D eigenvalue weighted by Gasteiger charge is -2.31.